The van der Waals surface area contributed by atoms with E-state index in [1.54, 1.807) is 4.90 Å². The van der Waals surface area contributed by atoms with Crippen LogP contribution >= 0.6 is 7.37 Å². The van der Waals surface area contributed by atoms with Gasteiger partial charge in [-0.2, -0.15) is 0 Å². The Labute approximate surface area is 133 Å². The molecular formula is C14H26NO5PSi. The maximum Gasteiger partial charge on any atom is 0.306 e. The largest absolute Gasteiger partial charge is 0.465 e. The van der Waals surface area contributed by atoms with Gasteiger partial charge in [0.25, 0.3) is 0 Å². The molecule has 2 unspecified atom stereocenters. The first-order valence-corrected chi connectivity index (χ1v) is 13.2. The summed E-state index contributed by atoms with van der Waals surface area (Å²) in [6.45, 7) is 6.69. The van der Waals surface area contributed by atoms with Crippen molar-refractivity contribution in [3.05, 3.63) is 0 Å². The van der Waals surface area contributed by atoms with Gasteiger partial charge in [-0.25, -0.2) is 0 Å². The zero-order chi connectivity index (χ0) is 16.4. The average molecular weight is 347 g/mol. The molecular weight excluding hydrogens is 321 g/mol. The molecule has 22 heavy (non-hydrogen) atoms. The third kappa shape index (κ3) is 4.67. The highest BCUT2D eigenvalue weighted by Gasteiger charge is 2.45. The normalized spacial score (nSPS) is 26.5. The molecule has 2 aliphatic heterocycles. The molecule has 0 aromatic rings. The zero-order valence-corrected chi connectivity index (χ0v) is 15.6. The molecule has 2 saturated heterocycles. The van der Waals surface area contributed by atoms with Crippen LogP contribution in [-0.4, -0.2) is 50.2 Å². The van der Waals surface area contributed by atoms with Crippen molar-refractivity contribution in [1.29, 1.82) is 0 Å². The van der Waals surface area contributed by atoms with Crippen LogP contribution in [0.3, 0.4) is 0 Å². The fourth-order valence-corrected chi connectivity index (χ4v) is 9.13. The third-order valence-corrected chi connectivity index (χ3v) is 9.47. The van der Waals surface area contributed by atoms with E-state index in [4.69, 9.17) is 8.95 Å². The number of rotatable bonds is 5. The van der Waals surface area contributed by atoms with Gasteiger partial charge in [-0.15, -0.1) is 0 Å². The van der Waals surface area contributed by atoms with Gasteiger partial charge in [0.2, 0.25) is 13.3 Å². The average Bonchev–Trinajstić information content (AvgIpc) is 2.73. The summed E-state index contributed by atoms with van der Waals surface area (Å²) in [6, 6.07) is 0. The first-order chi connectivity index (χ1) is 10.2. The topological polar surface area (TPSA) is 72.9 Å². The van der Waals surface area contributed by atoms with Gasteiger partial charge in [-0.1, -0.05) is 6.42 Å². The molecule has 2 atom stereocenters. The Kier molecular flexibility index (Phi) is 5.51. The maximum atomic E-state index is 13.5. The molecule has 8 heteroatoms. The van der Waals surface area contributed by atoms with E-state index in [1.165, 1.54) is 0 Å². The lowest BCUT2D eigenvalue weighted by Gasteiger charge is -2.33. The van der Waals surface area contributed by atoms with Crippen molar-refractivity contribution in [2.75, 3.05) is 19.4 Å². The van der Waals surface area contributed by atoms with Gasteiger partial charge in [0, 0.05) is 13.0 Å². The van der Waals surface area contributed by atoms with Gasteiger partial charge in [0.15, 0.2) is 8.32 Å². The predicted molar refractivity (Wildman–Crippen MR) is 86.4 cm³/mol. The predicted octanol–water partition coefficient (Wildman–Crippen LogP) is 2.79. The Bertz CT molecular complexity index is 490. The molecule has 2 fully saturated rings. The summed E-state index contributed by atoms with van der Waals surface area (Å²) < 4.78 is 24.5. The number of carbonyl (C=O) groups excluding carboxylic acids is 2. The first-order valence-electron chi connectivity index (χ1n) is 7.92. The van der Waals surface area contributed by atoms with Crippen LogP contribution in [0.1, 0.15) is 32.1 Å². The second-order valence-corrected chi connectivity index (χ2v) is 14.5. The minimum absolute atomic E-state index is 0.0437. The van der Waals surface area contributed by atoms with Crippen LogP contribution in [0, 0.1) is 0 Å². The number of carbonyl (C=O) groups is 2. The molecule has 2 aliphatic rings. The molecule has 0 spiro atoms. The second kappa shape index (κ2) is 6.85. The minimum atomic E-state index is -3.13. The molecule has 2 heterocycles. The molecule has 0 aromatic carbocycles. The molecule has 0 aliphatic carbocycles. The van der Waals surface area contributed by atoms with Crippen LogP contribution in [0.5, 0.6) is 0 Å². The van der Waals surface area contributed by atoms with Crippen molar-refractivity contribution < 1.29 is 23.1 Å². The Morgan fingerprint density at radius 1 is 1.27 bits per heavy atom. The maximum absolute atomic E-state index is 13.5. The van der Waals surface area contributed by atoms with Crippen molar-refractivity contribution in [2.45, 2.75) is 57.4 Å². The monoisotopic (exact) mass is 347 g/mol. The summed E-state index contributed by atoms with van der Waals surface area (Å²) in [5.41, 5.74) is -0.414. The van der Waals surface area contributed by atoms with Crippen LogP contribution in [-0.2, 0) is 23.1 Å². The molecule has 0 bridgehead atoms. The SMILES string of the molecule is C[Si](C)(C)OP(=O)(CN1CCCCCC1=O)C1COC(=O)C1. The summed E-state index contributed by atoms with van der Waals surface area (Å²) in [4.78, 5) is 25.3. The van der Waals surface area contributed by atoms with Gasteiger partial charge >= 0.3 is 5.97 Å². The third-order valence-electron chi connectivity index (χ3n) is 3.86. The molecule has 0 saturated carbocycles. The van der Waals surface area contributed by atoms with E-state index in [0.29, 0.717) is 13.0 Å². The highest BCUT2D eigenvalue weighted by Crippen LogP contribution is 2.57. The standard InChI is InChI=1S/C14H26NO5PSi/c1-22(2,3)20-21(18,12-9-14(17)19-10-12)11-15-8-6-4-5-7-13(15)16/h12H,4-11H2,1-3H3. The Morgan fingerprint density at radius 2 is 2.00 bits per heavy atom. The first kappa shape index (κ1) is 17.7. The van der Waals surface area contributed by atoms with Gasteiger partial charge < -0.3 is 13.8 Å². The zero-order valence-electron chi connectivity index (χ0n) is 13.7. The molecule has 0 aromatic heterocycles. The number of hydrogen-bond acceptors (Lipinski definition) is 5. The molecule has 2 rings (SSSR count). The minimum Gasteiger partial charge on any atom is -0.465 e. The van der Waals surface area contributed by atoms with Crippen LogP contribution in [0.15, 0.2) is 0 Å². The van der Waals surface area contributed by atoms with Gasteiger partial charge in [-0.05, 0) is 32.5 Å². The Morgan fingerprint density at radius 3 is 2.59 bits per heavy atom. The summed E-state index contributed by atoms with van der Waals surface area (Å²) in [7, 11) is -5.20. The van der Waals surface area contributed by atoms with Crippen molar-refractivity contribution >= 4 is 27.6 Å². The van der Waals surface area contributed by atoms with Crippen LogP contribution in [0.25, 0.3) is 0 Å². The van der Waals surface area contributed by atoms with Crippen LogP contribution in [0.4, 0.5) is 0 Å². The molecule has 1 amide bonds. The van der Waals surface area contributed by atoms with Crippen LogP contribution in [0.2, 0.25) is 19.6 Å². The quantitative estimate of drug-likeness (QED) is 0.434. The lowest BCUT2D eigenvalue weighted by atomic mass is 10.2. The van der Waals surface area contributed by atoms with E-state index < -0.39 is 21.3 Å². The van der Waals surface area contributed by atoms with E-state index >= 15 is 0 Å². The van der Waals surface area contributed by atoms with Gasteiger partial charge in [-0.3, -0.25) is 14.2 Å². The second-order valence-electron chi connectivity index (χ2n) is 7.08. The molecule has 6 nitrogen and oxygen atoms in total. The van der Waals surface area contributed by atoms with Crippen molar-refractivity contribution in [3.8, 4) is 0 Å². The number of likely N-dealkylation sites (tertiary alicyclic amines) is 1. The fourth-order valence-electron chi connectivity index (χ4n) is 2.86. The highest BCUT2D eigenvalue weighted by molar-refractivity contribution is 7.61. The van der Waals surface area contributed by atoms with E-state index in [0.717, 1.165) is 19.3 Å². The Balaban J connectivity index is 2.18. The van der Waals surface area contributed by atoms with E-state index in [1.807, 2.05) is 19.6 Å². The lowest BCUT2D eigenvalue weighted by Crippen LogP contribution is -2.36. The van der Waals surface area contributed by atoms with E-state index in [-0.39, 0.29) is 31.2 Å². The number of cyclic esters (lactones) is 1. The Hall–Kier alpha value is -0.653. The van der Waals surface area contributed by atoms with Crippen LogP contribution < -0.4 is 0 Å². The highest BCUT2D eigenvalue weighted by atomic mass is 31.2. The van der Waals surface area contributed by atoms with Crippen molar-refractivity contribution in [3.63, 3.8) is 0 Å². The molecule has 0 radical (unpaired) electrons. The summed E-state index contributed by atoms with van der Waals surface area (Å²) in [5.74, 6) is -0.284. The van der Waals surface area contributed by atoms with E-state index in [9.17, 15) is 14.2 Å². The van der Waals surface area contributed by atoms with Gasteiger partial charge in [0.05, 0.1) is 18.4 Å². The lowest BCUT2D eigenvalue weighted by molar-refractivity contribution is -0.138. The summed E-state index contributed by atoms with van der Waals surface area (Å²) >= 11 is 0. The number of ether oxygens (including phenoxy) is 1. The van der Waals surface area contributed by atoms with Crippen molar-refractivity contribution in [1.82, 2.24) is 4.90 Å². The van der Waals surface area contributed by atoms with Crippen molar-refractivity contribution in [2.24, 2.45) is 0 Å². The molecule has 126 valence electrons. The molecule has 0 N–H and O–H groups in total. The number of amides is 1. The fraction of sp³-hybridized carbons (Fsp3) is 0.857. The number of hydrogen-bond donors (Lipinski definition) is 0. The summed E-state index contributed by atoms with van der Waals surface area (Å²) in [5, 5.41) is 0. The van der Waals surface area contributed by atoms with E-state index in [2.05, 4.69) is 0 Å². The number of nitrogens with zero attached hydrogens (tertiary/aromatic N) is 1. The smallest absolute Gasteiger partial charge is 0.306 e. The summed E-state index contributed by atoms with van der Waals surface area (Å²) in [6.07, 6.45) is 3.60. The number of esters is 1. The van der Waals surface area contributed by atoms with Gasteiger partial charge in [0.1, 0.15) is 6.61 Å².